The fourth-order valence-corrected chi connectivity index (χ4v) is 1.20. The molecule has 0 heterocycles. The zero-order chi connectivity index (χ0) is 8.43. The van der Waals surface area contributed by atoms with Gasteiger partial charge >= 0.3 is 0 Å². The summed E-state index contributed by atoms with van der Waals surface area (Å²) in [5.41, 5.74) is 8.84. The molecule has 2 heteroatoms. The Kier molecular flexibility index (Phi) is 1.94. The maximum absolute atomic E-state index is 7.44. The van der Waals surface area contributed by atoms with Crippen LogP contribution in [0, 0.1) is 12.3 Å². The predicted molar refractivity (Wildman–Crippen MR) is 48.1 cm³/mol. The molecule has 3 N–H and O–H groups in total. The molecule has 2 nitrogen and oxygen atoms in total. The van der Waals surface area contributed by atoms with Crippen molar-refractivity contribution in [1.29, 1.82) is 5.41 Å². The van der Waals surface area contributed by atoms with Crippen molar-refractivity contribution in [2.24, 2.45) is 0 Å². The van der Waals surface area contributed by atoms with Crippen molar-refractivity contribution >= 4 is 11.4 Å². The largest absolute Gasteiger partial charge is 0.398 e. The second-order valence-electron chi connectivity index (χ2n) is 2.66. The molecule has 0 aliphatic rings. The van der Waals surface area contributed by atoms with Gasteiger partial charge in [0.05, 0.1) is 0 Å². The minimum absolute atomic E-state index is 0.528. The molecular weight excluding hydrogens is 136 g/mol. The molecule has 0 bridgehead atoms. The molecule has 0 fully saturated rings. The van der Waals surface area contributed by atoms with Gasteiger partial charge in [0.15, 0.2) is 0 Å². The molecule has 0 amide bonds. The molecule has 1 aromatic rings. The van der Waals surface area contributed by atoms with Gasteiger partial charge in [-0.05, 0) is 25.5 Å². The monoisotopic (exact) mass is 148 g/mol. The van der Waals surface area contributed by atoms with E-state index in [4.69, 9.17) is 11.1 Å². The van der Waals surface area contributed by atoms with Crippen molar-refractivity contribution in [2.45, 2.75) is 13.8 Å². The minimum atomic E-state index is 0.528. The van der Waals surface area contributed by atoms with Gasteiger partial charge in [-0.25, -0.2) is 0 Å². The van der Waals surface area contributed by atoms with E-state index in [2.05, 4.69) is 0 Å². The molecule has 0 saturated carbocycles. The number of hydrogen-bond acceptors (Lipinski definition) is 2. The zero-order valence-corrected chi connectivity index (χ0v) is 6.81. The van der Waals surface area contributed by atoms with Gasteiger partial charge in [-0.2, -0.15) is 0 Å². The van der Waals surface area contributed by atoms with Gasteiger partial charge in [0.25, 0.3) is 0 Å². The standard InChI is InChI=1S/C9H12N2/c1-6-4-3-5-8(11)9(6)7(2)10/h3-5,10H,11H2,1-2H3. The number of nitrogens with one attached hydrogen (secondary N) is 1. The van der Waals surface area contributed by atoms with Gasteiger partial charge < -0.3 is 11.1 Å². The fraction of sp³-hybridized carbons (Fsp3) is 0.222. The molecule has 0 atom stereocenters. The van der Waals surface area contributed by atoms with Crippen LogP contribution in [0.3, 0.4) is 0 Å². The number of hydrogen-bond donors (Lipinski definition) is 2. The van der Waals surface area contributed by atoms with Gasteiger partial charge in [0, 0.05) is 17.0 Å². The summed E-state index contributed by atoms with van der Waals surface area (Å²) in [5, 5.41) is 7.44. The minimum Gasteiger partial charge on any atom is -0.398 e. The average Bonchev–Trinajstić information content (AvgIpc) is 1.85. The lowest BCUT2D eigenvalue weighted by atomic mass is 10.0. The lowest BCUT2D eigenvalue weighted by Gasteiger charge is -2.06. The Labute approximate surface area is 66.6 Å². The molecule has 0 radical (unpaired) electrons. The first-order valence-corrected chi connectivity index (χ1v) is 3.53. The maximum Gasteiger partial charge on any atom is 0.0408 e. The second kappa shape index (κ2) is 2.74. The Morgan fingerprint density at radius 3 is 2.45 bits per heavy atom. The number of nitrogens with two attached hydrogens (primary N) is 1. The van der Waals surface area contributed by atoms with Crippen molar-refractivity contribution in [3.63, 3.8) is 0 Å². The molecule has 58 valence electrons. The van der Waals surface area contributed by atoms with Gasteiger partial charge in [-0.15, -0.1) is 0 Å². The highest BCUT2D eigenvalue weighted by Crippen LogP contribution is 2.15. The van der Waals surface area contributed by atoms with Gasteiger partial charge in [0.1, 0.15) is 0 Å². The van der Waals surface area contributed by atoms with Crippen LogP contribution < -0.4 is 5.73 Å². The predicted octanol–water partition coefficient (Wildman–Crippen LogP) is 1.96. The highest BCUT2D eigenvalue weighted by atomic mass is 14.6. The zero-order valence-electron chi connectivity index (χ0n) is 6.81. The van der Waals surface area contributed by atoms with E-state index in [1.54, 1.807) is 6.92 Å². The number of aryl methyl sites for hydroxylation is 1. The van der Waals surface area contributed by atoms with E-state index in [-0.39, 0.29) is 0 Å². The summed E-state index contributed by atoms with van der Waals surface area (Å²) in [6, 6.07) is 5.68. The summed E-state index contributed by atoms with van der Waals surface area (Å²) in [6.07, 6.45) is 0. The topological polar surface area (TPSA) is 49.9 Å². The molecular formula is C9H12N2. The second-order valence-corrected chi connectivity index (χ2v) is 2.66. The Bertz CT molecular complexity index is 269. The van der Waals surface area contributed by atoms with E-state index in [0.29, 0.717) is 11.4 Å². The van der Waals surface area contributed by atoms with E-state index in [0.717, 1.165) is 11.1 Å². The third-order valence-electron chi connectivity index (χ3n) is 1.68. The van der Waals surface area contributed by atoms with Crippen molar-refractivity contribution in [3.05, 3.63) is 29.3 Å². The van der Waals surface area contributed by atoms with Crippen LogP contribution in [0.25, 0.3) is 0 Å². The van der Waals surface area contributed by atoms with Crippen molar-refractivity contribution in [2.75, 3.05) is 5.73 Å². The lowest BCUT2D eigenvalue weighted by Crippen LogP contribution is -2.01. The average molecular weight is 148 g/mol. The van der Waals surface area contributed by atoms with E-state index in [1.807, 2.05) is 25.1 Å². The van der Waals surface area contributed by atoms with Gasteiger partial charge in [0.2, 0.25) is 0 Å². The molecule has 0 spiro atoms. The van der Waals surface area contributed by atoms with Crippen molar-refractivity contribution < 1.29 is 0 Å². The molecule has 1 rings (SSSR count). The Balaban J connectivity index is 3.32. The smallest absolute Gasteiger partial charge is 0.0408 e. The van der Waals surface area contributed by atoms with E-state index >= 15 is 0 Å². The normalized spacial score (nSPS) is 9.64. The van der Waals surface area contributed by atoms with Crippen LogP contribution >= 0.6 is 0 Å². The summed E-state index contributed by atoms with van der Waals surface area (Å²) < 4.78 is 0. The Morgan fingerprint density at radius 2 is 2.09 bits per heavy atom. The number of nitrogen functional groups attached to an aromatic ring is 1. The first-order chi connectivity index (χ1) is 5.13. The SMILES string of the molecule is CC(=N)c1c(C)cccc1N. The maximum atomic E-state index is 7.44. The van der Waals surface area contributed by atoms with Crippen LogP contribution in [0.15, 0.2) is 18.2 Å². The third kappa shape index (κ3) is 1.40. The molecule has 1 aromatic carbocycles. The van der Waals surface area contributed by atoms with Crippen LogP contribution in [-0.2, 0) is 0 Å². The van der Waals surface area contributed by atoms with Crippen LogP contribution in [-0.4, -0.2) is 5.71 Å². The summed E-state index contributed by atoms with van der Waals surface area (Å²) in [7, 11) is 0. The van der Waals surface area contributed by atoms with Crippen LogP contribution in [0.2, 0.25) is 0 Å². The first-order valence-electron chi connectivity index (χ1n) is 3.53. The molecule has 0 aromatic heterocycles. The first kappa shape index (κ1) is 7.79. The molecule has 0 saturated heterocycles. The summed E-state index contributed by atoms with van der Waals surface area (Å²) in [6.45, 7) is 3.71. The number of anilines is 1. The highest BCUT2D eigenvalue weighted by molar-refractivity contribution is 6.02. The third-order valence-corrected chi connectivity index (χ3v) is 1.68. The summed E-state index contributed by atoms with van der Waals surface area (Å²) in [5.74, 6) is 0. The highest BCUT2D eigenvalue weighted by Gasteiger charge is 2.02. The quantitative estimate of drug-likeness (QED) is 0.464. The molecule has 0 aliphatic carbocycles. The number of benzene rings is 1. The van der Waals surface area contributed by atoms with Gasteiger partial charge in [-0.3, -0.25) is 0 Å². The van der Waals surface area contributed by atoms with E-state index in [1.165, 1.54) is 0 Å². The van der Waals surface area contributed by atoms with Crippen LogP contribution in [0.5, 0.6) is 0 Å². The van der Waals surface area contributed by atoms with Crippen LogP contribution in [0.1, 0.15) is 18.1 Å². The van der Waals surface area contributed by atoms with E-state index < -0.39 is 0 Å². The van der Waals surface area contributed by atoms with Crippen molar-refractivity contribution in [1.82, 2.24) is 0 Å². The summed E-state index contributed by atoms with van der Waals surface area (Å²) >= 11 is 0. The Hall–Kier alpha value is -1.31. The Morgan fingerprint density at radius 1 is 1.45 bits per heavy atom. The van der Waals surface area contributed by atoms with Crippen molar-refractivity contribution in [3.8, 4) is 0 Å². The fourth-order valence-electron chi connectivity index (χ4n) is 1.20. The van der Waals surface area contributed by atoms with E-state index in [9.17, 15) is 0 Å². The van der Waals surface area contributed by atoms with Gasteiger partial charge in [-0.1, -0.05) is 12.1 Å². The molecule has 0 unspecified atom stereocenters. The molecule has 11 heavy (non-hydrogen) atoms. The molecule has 0 aliphatic heterocycles. The number of rotatable bonds is 1. The lowest BCUT2D eigenvalue weighted by molar-refractivity contribution is 1.39. The van der Waals surface area contributed by atoms with Crippen LogP contribution in [0.4, 0.5) is 5.69 Å². The summed E-state index contributed by atoms with van der Waals surface area (Å²) in [4.78, 5) is 0.